The van der Waals surface area contributed by atoms with Crippen LogP contribution < -0.4 is 26.4 Å². The van der Waals surface area contributed by atoms with E-state index in [-0.39, 0.29) is 26.3 Å². The molecular weight excluding hydrogens is 763 g/mol. The molecule has 0 aromatic heterocycles. The zero-order valence-electron chi connectivity index (χ0n) is 32.4. The summed E-state index contributed by atoms with van der Waals surface area (Å²) in [7, 11) is 0. The summed E-state index contributed by atoms with van der Waals surface area (Å²) in [6, 6.07) is 36.0. The Bertz CT molecular complexity index is 2460. The van der Waals surface area contributed by atoms with E-state index in [1.807, 2.05) is 71.6 Å². The number of carbonyl (C=O) groups is 4. The number of nitrogens with two attached hydrogens (primary N) is 1. The number of amides is 4. The molecule has 3 aliphatic heterocycles. The van der Waals surface area contributed by atoms with Gasteiger partial charge in [-0.05, 0) is 46.5 Å². The van der Waals surface area contributed by atoms with Crippen molar-refractivity contribution in [3.05, 3.63) is 167 Å². The van der Waals surface area contributed by atoms with E-state index in [1.54, 1.807) is 66.7 Å². The van der Waals surface area contributed by atoms with Gasteiger partial charge in [-0.25, -0.2) is 4.79 Å². The second-order valence-electron chi connectivity index (χ2n) is 14.8. The Balaban J connectivity index is 1.39. The van der Waals surface area contributed by atoms with E-state index >= 15 is 14.4 Å². The number of para-hydroxylation sites is 1. The fraction of sp³-hybridized carbons (Fsp3) is 0.234. The molecule has 8 rings (SSSR count). The van der Waals surface area contributed by atoms with E-state index in [0.717, 1.165) is 5.56 Å². The van der Waals surface area contributed by atoms with Crippen LogP contribution in [0.2, 0.25) is 0 Å². The van der Waals surface area contributed by atoms with Crippen molar-refractivity contribution >= 4 is 29.5 Å². The minimum Gasteiger partial charge on any atom is -0.491 e. The van der Waals surface area contributed by atoms with Gasteiger partial charge in [-0.2, -0.15) is 0 Å². The first kappa shape index (κ1) is 39.8. The molecule has 0 radical (unpaired) electrons. The van der Waals surface area contributed by atoms with Gasteiger partial charge < -0.3 is 41.4 Å². The topological polar surface area (TPSA) is 193 Å². The fourth-order valence-electron chi connectivity index (χ4n) is 9.01. The maximum Gasteiger partial charge on any atom is 0.324 e. The highest BCUT2D eigenvalue weighted by molar-refractivity contribution is 6.12. The number of anilines is 1. The third-order valence-corrected chi connectivity index (χ3v) is 11.4. The van der Waals surface area contributed by atoms with Gasteiger partial charge in [-0.1, -0.05) is 121 Å². The molecule has 3 aliphatic rings. The number of aliphatic hydroxyl groups excluding tert-OH is 2. The number of benzene rings is 5. The molecule has 0 saturated carbocycles. The quantitative estimate of drug-likeness (QED) is 0.0839. The zero-order valence-corrected chi connectivity index (χ0v) is 32.4. The number of cyclic esters (lactones) is 1. The molecule has 13 nitrogen and oxygen atoms in total. The SMILES string of the molecule is NC(=O)NCC#Cc1ccc2c(c1)C1(C(=O)N2)C(C(=O)NCC(O)c2ccccc2)C2C(=O)OC(c3ccccc3)C(c3ccccc3)N2C1c1ccccc1OCCO. The highest BCUT2D eigenvalue weighted by Crippen LogP contribution is 2.65. The Morgan fingerprint density at radius 1 is 0.867 bits per heavy atom. The minimum absolute atomic E-state index is 0.0387. The number of esters is 1. The van der Waals surface area contributed by atoms with Crippen molar-refractivity contribution in [2.24, 2.45) is 11.7 Å². The van der Waals surface area contributed by atoms with Crippen molar-refractivity contribution in [2.45, 2.75) is 35.7 Å². The number of ether oxygens (including phenoxy) is 2. The van der Waals surface area contributed by atoms with Gasteiger partial charge in [0.15, 0.2) is 0 Å². The molecule has 5 aromatic rings. The average molecular weight is 806 g/mol. The lowest BCUT2D eigenvalue weighted by atomic mass is 9.65. The van der Waals surface area contributed by atoms with Gasteiger partial charge in [-0.15, -0.1) is 0 Å². The lowest BCUT2D eigenvalue weighted by molar-refractivity contribution is -0.178. The van der Waals surface area contributed by atoms with Crippen molar-refractivity contribution in [1.82, 2.24) is 15.5 Å². The van der Waals surface area contributed by atoms with Crippen LogP contribution in [0.3, 0.4) is 0 Å². The third-order valence-electron chi connectivity index (χ3n) is 11.4. The van der Waals surface area contributed by atoms with E-state index in [1.165, 1.54) is 0 Å². The van der Waals surface area contributed by atoms with Crippen molar-refractivity contribution in [1.29, 1.82) is 0 Å². The molecule has 1 spiro atoms. The summed E-state index contributed by atoms with van der Waals surface area (Å²) in [5.74, 6) is 2.87. The lowest BCUT2D eigenvalue weighted by Gasteiger charge is -2.46. The van der Waals surface area contributed by atoms with Crippen molar-refractivity contribution in [2.75, 3.05) is 31.6 Å². The van der Waals surface area contributed by atoms with Gasteiger partial charge in [0.25, 0.3) is 0 Å². The van der Waals surface area contributed by atoms with Gasteiger partial charge in [0, 0.05) is 23.4 Å². The number of morpholine rings is 1. The predicted molar refractivity (Wildman–Crippen MR) is 221 cm³/mol. The zero-order chi connectivity index (χ0) is 41.8. The molecule has 2 saturated heterocycles. The summed E-state index contributed by atoms with van der Waals surface area (Å²) in [5.41, 5.74) is 7.19. The molecule has 0 bridgehead atoms. The molecule has 304 valence electrons. The Kier molecular flexibility index (Phi) is 11.3. The first-order valence-electron chi connectivity index (χ1n) is 19.6. The summed E-state index contributed by atoms with van der Waals surface area (Å²) in [5, 5.41) is 29.6. The highest BCUT2D eigenvalue weighted by Gasteiger charge is 2.74. The minimum atomic E-state index is -1.86. The highest BCUT2D eigenvalue weighted by atomic mass is 16.6. The Morgan fingerprint density at radius 2 is 1.53 bits per heavy atom. The molecule has 7 atom stereocenters. The van der Waals surface area contributed by atoms with Crippen molar-refractivity contribution in [3.8, 4) is 17.6 Å². The Hall–Kier alpha value is -6.98. The average Bonchev–Trinajstić information content (AvgIpc) is 3.75. The first-order chi connectivity index (χ1) is 29.2. The smallest absolute Gasteiger partial charge is 0.324 e. The second-order valence-corrected chi connectivity index (χ2v) is 14.8. The number of urea groups is 1. The summed E-state index contributed by atoms with van der Waals surface area (Å²) in [6.07, 6.45) is -1.99. The number of fused-ring (bicyclic) bond motifs is 3. The van der Waals surface area contributed by atoms with Gasteiger partial charge >= 0.3 is 12.0 Å². The van der Waals surface area contributed by atoms with Gasteiger partial charge in [-0.3, -0.25) is 19.3 Å². The largest absolute Gasteiger partial charge is 0.491 e. The third kappa shape index (κ3) is 7.21. The number of primary amides is 1. The second kappa shape index (κ2) is 17.1. The number of nitrogens with one attached hydrogen (secondary N) is 3. The van der Waals surface area contributed by atoms with E-state index in [2.05, 4.69) is 27.8 Å². The monoisotopic (exact) mass is 805 g/mol. The summed E-state index contributed by atoms with van der Waals surface area (Å²) in [6.45, 7) is -0.626. The molecule has 5 aromatic carbocycles. The molecule has 7 unspecified atom stereocenters. The Labute approximate surface area is 346 Å². The van der Waals surface area contributed by atoms with E-state index in [9.17, 15) is 15.0 Å². The van der Waals surface area contributed by atoms with Crippen LogP contribution in [0.1, 0.15) is 57.7 Å². The van der Waals surface area contributed by atoms with Gasteiger partial charge in [0.05, 0.1) is 37.3 Å². The van der Waals surface area contributed by atoms with E-state index < -0.39 is 65.5 Å². The van der Waals surface area contributed by atoms with Crippen LogP contribution in [0.5, 0.6) is 5.75 Å². The number of aliphatic hydroxyl groups is 2. The van der Waals surface area contributed by atoms with Gasteiger partial charge in [0.1, 0.15) is 29.9 Å². The summed E-state index contributed by atoms with van der Waals surface area (Å²) in [4.78, 5) is 59.1. The maximum atomic E-state index is 15.4. The van der Waals surface area contributed by atoms with Crippen LogP contribution in [0.15, 0.2) is 133 Å². The van der Waals surface area contributed by atoms with Crippen molar-refractivity contribution < 1.29 is 38.9 Å². The summed E-state index contributed by atoms with van der Waals surface area (Å²) < 4.78 is 12.7. The number of rotatable bonds is 11. The number of hydrogen-bond donors (Lipinski definition) is 6. The van der Waals surface area contributed by atoms with E-state index in [4.69, 9.17) is 15.2 Å². The van der Waals surface area contributed by atoms with E-state index in [0.29, 0.717) is 39.3 Å². The van der Waals surface area contributed by atoms with Gasteiger partial charge in [0.2, 0.25) is 11.8 Å². The van der Waals surface area contributed by atoms with Crippen LogP contribution in [-0.2, 0) is 24.5 Å². The molecule has 3 heterocycles. The molecule has 0 aliphatic carbocycles. The van der Waals surface area contributed by atoms with Crippen LogP contribution >= 0.6 is 0 Å². The molecular formula is C47H43N5O8. The molecule has 2 fully saturated rings. The number of hydrogen-bond acceptors (Lipinski definition) is 9. The fourth-order valence-corrected chi connectivity index (χ4v) is 9.01. The molecule has 4 amide bonds. The lowest BCUT2D eigenvalue weighted by Crippen LogP contribution is -2.55. The van der Waals surface area contributed by atoms with Crippen molar-refractivity contribution in [3.63, 3.8) is 0 Å². The van der Waals surface area contributed by atoms with Crippen LogP contribution in [0, 0.1) is 17.8 Å². The molecule has 7 N–H and O–H groups in total. The first-order valence-corrected chi connectivity index (χ1v) is 19.6. The van der Waals surface area contributed by atoms with Crippen LogP contribution in [-0.4, -0.2) is 71.3 Å². The predicted octanol–water partition coefficient (Wildman–Crippen LogP) is 4.20. The standard InChI is InChI=1S/C47H43N5O8/c48-46(58)49-24-12-13-29-22-23-35-34(27-29)47(45(57)51-35)38(43(55)50-28-36(54)30-14-4-1-5-15-30)40-44(56)60-41(32-18-8-3-9-19-32)39(31-16-6-2-7-17-31)52(40)42(47)33-20-10-11-21-37(33)59-26-25-53/h1-11,14-23,27,36,38-42,53-54H,24-26,28H2,(H,50,55)(H,51,57)(H3,48,49,58). The Morgan fingerprint density at radius 3 is 2.23 bits per heavy atom. The number of nitrogens with zero attached hydrogens (tertiary/aromatic N) is 1. The summed E-state index contributed by atoms with van der Waals surface area (Å²) >= 11 is 0. The maximum absolute atomic E-state index is 15.4. The normalized spacial score (nSPS) is 23.3. The molecule has 13 heteroatoms. The van der Waals surface area contributed by atoms with Crippen LogP contribution in [0.25, 0.3) is 0 Å². The molecule has 60 heavy (non-hydrogen) atoms. The number of carbonyl (C=O) groups excluding carboxylic acids is 4. The van der Waals surface area contributed by atoms with Crippen LogP contribution in [0.4, 0.5) is 10.5 Å².